The second-order valence-electron chi connectivity index (χ2n) is 7.39. The SMILES string of the molecule is CCC(O)CN.CCCCCCCCCCCCCCCCCC(=O)O. The number of aliphatic hydroxyl groups is 1. The molecule has 26 heavy (non-hydrogen) atoms. The van der Waals surface area contributed by atoms with Gasteiger partial charge in [-0.2, -0.15) is 0 Å². The second-order valence-corrected chi connectivity index (χ2v) is 7.39. The van der Waals surface area contributed by atoms with Gasteiger partial charge in [0.1, 0.15) is 0 Å². The highest BCUT2D eigenvalue weighted by Gasteiger charge is 1.97. The van der Waals surface area contributed by atoms with Crippen LogP contribution < -0.4 is 5.73 Å². The third kappa shape index (κ3) is 28.2. The van der Waals surface area contributed by atoms with E-state index in [9.17, 15) is 4.79 Å². The van der Waals surface area contributed by atoms with E-state index in [1.54, 1.807) is 0 Å². The Bertz CT molecular complexity index is 268. The molecule has 0 aromatic carbocycles. The fraction of sp³-hybridized carbons (Fsp3) is 0.955. The zero-order valence-electron chi connectivity index (χ0n) is 17.7. The van der Waals surface area contributed by atoms with Crippen LogP contribution >= 0.6 is 0 Å². The van der Waals surface area contributed by atoms with Crippen LogP contribution in [0.25, 0.3) is 0 Å². The minimum Gasteiger partial charge on any atom is -0.481 e. The maximum absolute atomic E-state index is 10.3. The number of aliphatic hydroxyl groups excluding tert-OH is 1. The summed E-state index contributed by atoms with van der Waals surface area (Å²) in [5.74, 6) is -0.653. The van der Waals surface area contributed by atoms with Gasteiger partial charge in [-0.15, -0.1) is 0 Å². The summed E-state index contributed by atoms with van der Waals surface area (Å²) >= 11 is 0. The maximum Gasteiger partial charge on any atom is 0.303 e. The van der Waals surface area contributed by atoms with Crippen LogP contribution in [-0.4, -0.2) is 28.8 Å². The Morgan fingerprint density at radius 2 is 1.08 bits per heavy atom. The van der Waals surface area contributed by atoms with Gasteiger partial charge in [-0.05, 0) is 12.8 Å². The summed E-state index contributed by atoms with van der Waals surface area (Å²) in [7, 11) is 0. The summed E-state index contributed by atoms with van der Waals surface area (Å²) in [6.07, 6.45) is 20.7. The van der Waals surface area contributed by atoms with Gasteiger partial charge in [0.25, 0.3) is 0 Å². The van der Waals surface area contributed by atoms with Crippen molar-refractivity contribution in [2.24, 2.45) is 5.73 Å². The van der Waals surface area contributed by atoms with Crippen molar-refractivity contribution < 1.29 is 15.0 Å². The lowest BCUT2D eigenvalue weighted by Gasteiger charge is -2.03. The molecule has 4 N–H and O–H groups in total. The molecule has 1 unspecified atom stereocenters. The zero-order chi connectivity index (χ0) is 19.9. The molecule has 0 fully saturated rings. The van der Waals surface area contributed by atoms with Crippen LogP contribution in [0.2, 0.25) is 0 Å². The molecule has 0 aliphatic rings. The lowest BCUT2D eigenvalue weighted by Crippen LogP contribution is -2.17. The van der Waals surface area contributed by atoms with Crippen molar-refractivity contribution in [3.8, 4) is 0 Å². The number of hydrogen-bond donors (Lipinski definition) is 3. The number of carbonyl (C=O) groups is 1. The maximum atomic E-state index is 10.3. The molecular weight excluding hydrogens is 326 g/mol. The van der Waals surface area contributed by atoms with Crippen LogP contribution in [0.15, 0.2) is 0 Å². The van der Waals surface area contributed by atoms with Crippen molar-refractivity contribution in [3.05, 3.63) is 0 Å². The topological polar surface area (TPSA) is 83.5 Å². The molecule has 0 spiro atoms. The fourth-order valence-electron chi connectivity index (χ4n) is 2.81. The summed E-state index contributed by atoms with van der Waals surface area (Å²) in [5.41, 5.74) is 5.03. The molecule has 4 nitrogen and oxygen atoms in total. The Balaban J connectivity index is 0. The zero-order valence-corrected chi connectivity index (χ0v) is 17.7. The molecule has 158 valence electrons. The largest absolute Gasteiger partial charge is 0.481 e. The van der Waals surface area contributed by atoms with E-state index in [2.05, 4.69) is 6.92 Å². The Kier molecular flexibility index (Phi) is 25.9. The predicted octanol–water partition coefficient (Wildman–Crippen LogP) is 6.05. The summed E-state index contributed by atoms with van der Waals surface area (Å²) in [6, 6.07) is 0. The van der Waals surface area contributed by atoms with E-state index >= 15 is 0 Å². The van der Waals surface area contributed by atoms with Crippen LogP contribution in [0, 0.1) is 0 Å². The molecule has 0 rings (SSSR count). The first kappa shape index (κ1) is 27.6. The van der Waals surface area contributed by atoms with Gasteiger partial charge in [0.2, 0.25) is 0 Å². The van der Waals surface area contributed by atoms with Gasteiger partial charge in [-0.25, -0.2) is 0 Å². The van der Waals surface area contributed by atoms with Gasteiger partial charge in [0.05, 0.1) is 6.10 Å². The van der Waals surface area contributed by atoms with Crippen molar-refractivity contribution >= 4 is 5.97 Å². The van der Waals surface area contributed by atoms with E-state index in [4.69, 9.17) is 15.9 Å². The first-order valence-electron chi connectivity index (χ1n) is 11.2. The van der Waals surface area contributed by atoms with Crippen LogP contribution in [0.3, 0.4) is 0 Å². The minimum atomic E-state index is -0.653. The molecule has 0 aromatic rings. The highest BCUT2D eigenvalue weighted by Crippen LogP contribution is 2.13. The summed E-state index contributed by atoms with van der Waals surface area (Å²) in [4.78, 5) is 10.3. The van der Waals surface area contributed by atoms with Gasteiger partial charge < -0.3 is 15.9 Å². The van der Waals surface area contributed by atoms with Crippen LogP contribution in [0.5, 0.6) is 0 Å². The van der Waals surface area contributed by atoms with E-state index in [0.717, 1.165) is 19.3 Å². The number of hydrogen-bond acceptors (Lipinski definition) is 3. The van der Waals surface area contributed by atoms with Crippen LogP contribution in [-0.2, 0) is 4.79 Å². The molecule has 0 saturated carbocycles. The molecule has 4 heteroatoms. The van der Waals surface area contributed by atoms with Gasteiger partial charge >= 0.3 is 5.97 Å². The first-order valence-corrected chi connectivity index (χ1v) is 11.2. The molecule has 0 saturated heterocycles. The average molecular weight is 374 g/mol. The molecule has 0 aliphatic heterocycles. The number of aliphatic carboxylic acids is 1. The first-order chi connectivity index (χ1) is 12.6. The molecular formula is C22H47NO3. The molecule has 0 bridgehead atoms. The van der Waals surface area contributed by atoms with E-state index in [0.29, 0.717) is 13.0 Å². The normalized spacial score (nSPS) is 11.7. The quantitative estimate of drug-likeness (QED) is 0.255. The van der Waals surface area contributed by atoms with Gasteiger partial charge in [-0.3, -0.25) is 4.79 Å². The summed E-state index contributed by atoms with van der Waals surface area (Å²) < 4.78 is 0. The van der Waals surface area contributed by atoms with Gasteiger partial charge in [0.15, 0.2) is 0 Å². The number of carboxylic acid groups (broad SMARTS) is 1. The molecule has 0 aromatic heterocycles. The highest BCUT2D eigenvalue weighted by atomic mass is 16.4. The Hall–Kier alpha value is -0.610. The van der Waals surface area contributed by atoms with Crippen molar-refractivity contribution in [1.82, 2.24) is 0 Å². The van der Waals surface area contributed by atoms with Crippen LogP contribution in [0.4, 0.5) is 0 Å². The Morgan fingerprint density at radius 1 is 0.731 bits per heavy atom. The summed E-state index contributed by atoms with van der Waals surface area (Å²) in [6.45, 7) is 4.56. The van der Waals surface area contributed by atoms with Crippen molar-refractivity contribution in [2.75, 3.05) is 6.54 Å². The fourth-order valence-corrected chi connectivity index (χ4v) is 2.81. The van der Waals surface area contributed by atoms with E-state index < -0.39 is 5.97 Å². The lowest BCUT2D eigenvalue weighted by atomic mass is 10.0. The van der Waals surface area contributed by atoms with Gasteiger partial charge in [0, 0.05) is 13.0 Å². The Morgan fingerprint density at radius 3 is 1.31 bits per heavy atom. The number of unbranched alkanes of at least 4 members (excludes halogenated alkanes) is 14. The minimum absolute atomic E-state index is 0.287. The number of rotatable bonds is 18. The third-order valence-corrected chi connectivity index (χ3v) is 4.74. The number of nitrogens with two attached hydrogens (primary N) is 1. The van der Waals surface area contributed by atoms with E-state index in [1.807, 2.05) is 6.92 Å². The molecule has 0 amide bonds. The molecule has 0 radical (unpaired) electrons. The summed E-state index contributed by atoms with van der Waals surface area (Å²) in [5, 5.41) is 17.1. The molecule has 0 aliphatic carbocycles. The van der Waals surface area contributed by atoms with Crippen molar-refractivity contribution in [1.29, 1.82) is 0 Å². The molecule has 0 heterocycles. The third-order valence-electron chi connectivity index (χ3n) is 4.74. The molecule has 1 atom stereocenters. The second kappa shape index (κ2) is 24.4. The van der Waals surface area contributed by atoms with Gasteiger partial charge in [-0.1, -0.05) is 104 Å². The van der Waals surface area contributed by atoms with Crippen LogP contribution in [0.1, 0.15) is 123 Å². The average Bonchev–Trinajstić information content (AvgIpc) is 2.64. The standard InChI is InChI=1S/C18H36O2.C4H11NO/c1-2-3-4-5-6-7-8-9-10-11-12-13-14-15-16-17-18(19)20;1-2-4(6)3-5/h2-17H2,1H3,(H,19,20);4,6H,2-3,5H2,1H3. The monoisotopic (exact) mass is 373 g/mol. The smallest absolute Gasteiger partial charge is 0.303 e. The number of carboxylic acids is 1. The highest BCUT2D eigenvalue weighted by molar-refractivity contribution is 5.66. The van der Waals surface area contributed by atoms with E-state index in [1.165, 1.54) is 83.5 Å². The Labute approximate surface area is 162 Å². The predicted molar refractivity (Wildman–Crippen MR) is 113 cm³/mol. The van der Waals surface area contributed by atoms with Crippen molar-refractivity contribution in [2.45, 2.75) is 129 Å². The van der Waals surface area contributed by atoms with Crippen molar-refractivity contribution in [3.63, 3.8) is 0 Å². The lowest BCUT2D eigenvalue weighted by molar-refractivity contribution is -0.137. The van der Waals surface area contributed by atoms with E-state index in [-0.39, 0.29) is 6.10 Å².